The van der Waals surface area contributed by atoms with Gasteiger partial charge in [-0.25, -0.2) is 9.98 Å². The largest absolute Gasteiger partial charge is 0.494 e. The minimum Gasteiger partial charge on any atom is -0.494 e. The van der Waals surface area contributed by atoms with Crippen LogP contribution < -0.4 is 0 Å². The molecule has 1 aliphatic rings. The number of aliphatic imine (C=N–C) groups is 1. The van der Waals surface area contributed by atoms with Gasteiger partial charge in [0.05, 0.1) is 33.9 Å². The fraction of sp³-hybridized carbons (Fsp3) is 0.219. The number of non-ortho nitro benzene ring substituents is 1. The van der Waals surface area contributed by atoms with Crippen molar-refractivity contribution in [3.8, 4) is 17.1 Å². The van der Waals surface area contributed by atoms with E-state index in [1.807, 2.05) is 71.2 Å². The number of aromatic nitrogens is 3. The highest BCUT2D eigenvalue weighted by molar-refractivity contribution is 6.22. The van der Waals surface area contributed by atoms with E-state index in [1.165, 1.54) is 12.1 Å². The molecule has 2 aromatic heterocycles. The van der Waals surface area contributed by atoms with E-state index in [2.05, 4.69) is 9.97 Å². The van der Waals surface area contributed by atoms with Crippen molar-refractivity contribution in [1.82, 2.24) is 19.4 Å². The standard InChI is InChI=1S/C32H30N6O4/c1-36-19-28(33-20-36)22-9-11-24(12-10-22)34-31(30-26-18-25(38(41)42)13-14-27(26)35-32(30)40)23-7-5-21(6-8-23)15-17-37-16-3-2-4-29(37)39/h5-14,18-20,35,40H,2-4,15-17H2,1H3. The molecule has 1 amide bonds. The number of rotatable bonds is 8. The molecule has 0 atom stereocenters. The lowest BCUT2D eigenvalue weighted by Crippen LogP contribution is -2.36. The summed E-state index contributed by atoms with van der Waals surface area (Å²) in [6, 6.07) is 19.9. The van der Waals surface area contributed by atoms with Crippen LogP contribution in [-0.4, -0.2) is 54.2 Å². The second-order valence-corrected chi connectivity index (χ2v) is 10.6. The summed E-state index contributed by atoms with van der Waals surface area (Å²) >= 11 is 0. The number of aromatic hydroxyl groups is 1. The van der Waals surface area contributed by atoms with Crippen LogP contribution in [0.4, 0.5) is 11.4 Å². The molecule has 0 aliphatic carbocycles. The van der Waals surface area contributed by atoms with Crippen molar-refractivity contribution >= 4 is 33.9 Å². The highest BCUT2D eigenvalue weighted by Gasteiger charge is 2.22. The van der Waals surface area contributed by atoms with Crippen LogP contribution in [0.2, 0.25) is 0 Å². The number of carbonyl (C=O) groups excluding carboxylic acids is 1. The van der Waals surface area contributed by atoms with Crippen LogP contribution in [0.25, 0.3) is 22.2 Å². The summed E-state index contributed by atoms with van der Waals surface area (Å²) in [5.41, 5.74) is 5.60. The first-order chi connectivity index (χ1) is 20.4. The predicted molar refractivity (Wildman–Crippen MR) is 161 cm³/mol. The average molecular weight is 563 g/mol. The number of hydrogen-bond acceptors (Lipinski definition) is 6. The summed E-state index contributed by atoms with van der Waals surface area (Å²) in [7, 11) is 1.91. The number of nitrogens with one attached hydrogen (secondary N) is 1. The molecule has 42 heavy (non-hydrogen) atoms. The van der Waals surface area contributed by atoms with Crippen molar-refractivity contribution in [2.75, 3.05) is 13.1 Å². The van der Waals surface area contributed by atoms with Gasteiger partial charge in [-0.3, -0.25) is 14.9 Å². The zero-order chi connectivity index (χ0) is 29.2. The number of aromatic amines is 1. The first-order valence-electron chi connectivity index (χ1n) is 13.9. The Kier molecular flexibility index (Phi) is 7.26. The third-order valence-electron chi connectivity index (χ3n) is 7.64. The Morgan fingerprint density at radius 3 is 2.57 bits per heavy atom. The monoisotopic (exact) mass is 562 g/mol. The van der Waals surface area contributed by atoms with Crippen LogP contribution in [0.3, 0.4) is 0 Å². The molecule has 0 spiro atoms. The third kappa shape index (κ3) is 5.51. The topological polar surface area (TPSA) is 130 Å². The van der Waals surface area contributed by atoms with Crippen LogP contribution in [0.15, 0.2) is 84.2 Å². The predicted octanol–water partition coefficient (Wildman–Crippen LogP) is 5.91. The normalized spacial score (nSPS) is 14.1. The van der Waals surface area contributed by atoms with E-state index in [1.54, 1.807) is 12.4 Å². The van der Waals surface area contributed by atoms with Gasteiger partial charge in [-0.15, -0.1) is 0 Å². The van der Waals surface area contributed by atoms with Crippen LogP contribution in [-0.2, 0) is 18.3 Å². The SMILES string of the molecule is Cn1cnc(-c2ccc(N=C(c3ccc(CCN4CCCCC4=O)cc3)c3c(O)[nH]c4ccc([N+](=O)[O-])cc34)cc2)c1. The van der Waals surface area contributed by atoms with Gasteiger partial charge in [0, 0.05) is 66.9 Å². The second kappa shape index (κ2) is 11.3. The molecule has 10 heteroatoms. The van der Waals surface area contributed by atoms with Crippen molar-refractivity contribution < 1.29 is 14.8 Å². The molecule has 10 nitrogen and oxygen atoms in total. The minimum atomic E-state index is -0.456. The molecule has 0 radical (unpaired) electrons. The summed E-state index contributed by atoms with van der Waals surface area (Å²) in [5, 5.41) is 23.1. The average Bonchev–Trinajstić information content (AvgIpc) is 3.58. The molecular weight excluding hydrogens is 532 g/mol. The van der Waals surface area contributed by atoms with Crippen LogP contribution >= 0.6 is 0 Å². The molecule has 3 heterocycles. The maximum absolute atomic E-state index is 12.2. The van der Waals surface area contributed by atoms with E-state index in [0.29, 0.717) is 40.8 Å². The molecule has 1 aliphatic heterocycles. The minimum absolute atomic E-state index is 0.0792. The Labute approximate surface area is 242 Å². The number of hydrogen-bond donors (Lipinski definition) is 2. The molecule has 0 unspecified atom stereocenters. The number of H-pyrrole nitrogens is 1. The number of amides is 1. The van der Waals surface area contributed by atoms with E-state index in [-0.39, 0.29) is 17.5 Å². The smallest absolute Gasteiger partial charge is 0.270 e. The van der Waals surface area contributed by atoms with Gasteiger partial charge in [-0.05, 0) is 43.0 Å². The van der Waals surface area contributed by atoms with Crippen molar-refractivity contribution in [2.24, 2.45) is 12.0 Å². The molecule has 2 N–H and O–H groups in total. The number of imidazole rings is 1. The van der Waals surface area contributed by atoms with Gasteiger partial charge in [-0.2, -0.15) is 0 Å². The van der Waals surface area contributed by atoms with E-state index in [0.717, 1.165) is 48.2 Å². The van der Waals surface area contributed by atoms with Gasteiger partial charge < -0.3 is 19.6 Å². The van der Waals surface area contributed by atoms with E-state index in [9.17, 15) is 20.0 Å². The summed E-state index contributed by atoms with van der Waals surface area (Å²) in [6.07, 6.45) is 7.03. The zero-order valence-electron chi connectivity index (χ0n) is 23.2. The number of likely N-dealkylation sites (tertiary alicyclic amines) is 1. The van der Waals surface area contributed by atoms with Gasteiger partial charge in [0.25, 0.3) is 5.69 Å². The Morgan fingerprint density at radius 1 is 1.10 bits per heavy atom. The Balaban J connectivity index is 1.38. The summed E-state index contributed by atoms with van der Waals surface area (Å²) in [6.45, 7) is 1.48. The first kappa shape index (κ1) is 26.9. The number of nitro groups is 1. The molecule has 5 aromatic rings. The zero-order valence-corrected chi connectivity index (χ0v) is 23.2. The van der Waals surface area contributed by atoms with E-state index < -0.39 is 4.92 Å². The Hall–Kier alpha value is -5.25. The van der Waals surface area contributed by atoms with Gasteiger partial charge >= 0.3 is 0 Å². The maximum Gasteiger partial charge on any atom is 0.270 e. The highest BCUT2D eigenvalue weighted by Crippen LogP contribution is 2.34. The molecule has 212 valence electrons. The van der Waals surface area contributed by atoms with Gasteiger partial charge in [0.15, 0.2) is 5.88 Å². The van der Waals surface area contributed by atoms with Crippen LogP contribution in [0.5, 0.6) is 5.88 Å². The fourth-order valence-electron chi connectivity index (χ4n) is 5.37. The number of piperidine rings is 1. The summed E-state index contributed by atoms with van der Waals surface area (Å²) in [4.78, 5) is 37.5. The summed E-state index contributed by atoms with van der Waals surface area (Å²) < 4.78 is 1.88. The third-order valence-corrected chi connectivity index (χ3v) is 7.64. The summed E-state index contributed by atoms with van der Waals surface area (Å²) in [5.74, 6) is 0.0901. The lowest BCUT2D eigenvalue weighted by molar-refractivity contribution is -0.384. The number of nitrogens with zero attached hydrogens (tertiary/aromatic N) is 5. The number of aryl methyl sites for hydroxylation is 1. The number of fused-ring (bicyclic) bond motifs is 1. The quantitative estimate of drug-likeness (QED) is 0.138. The van der Waals surface area contributed by atoms with E-state index in [4.69, 9.17) is 4.99 Å². The molecule has 1 saturated heterocycles. The van der Waals surface area contributed by atoms with Crippen molar-refractivity contribution in [3.63, 3.8) is 0 Å². The van der Waals surface area contributed by atoms with Crippen molar-refractivity contribution in [2.45, 2.75) is 25.7 Å². The number of benzene rings is 3. The Morgan fingerprint density at radius 2 is 1.88 bits per heavy atom. The van der Waals surface area contributed by atoms with E-state index >= 15 is 0 Å². The molecule has 0 bridgehead atoms. The molecule has 1 fully saturated rings. The molecular formula is C32H30N6O4. The molecule has 0 saturated carbocycles. The van der Waals surface area contributed by atoms with Crippen molar-refractivity contribution in [3.05, 3.63) is 106 Å². The van der Waals surface area contributed by atoms with Crippen molar-refractivity contribution in [1.29, 1.82) is 0 Å². The lowest BCUT2D eigenvalue weighted by Gasteiger charge is -2.26. The van der Waals surface area contributed by atoms with Gasteiger partial charge in [0.1, 0.15) is 0 Å². The number of nitro benzene ring substituents is 1. The number of carbonyl (C=O) groups is 1. The van der Waals surface area contributed by atoms with Gasteiger partial charge in [-0.1, -0.05) is 36.4 Å². The Bertz CT molecular complexity index is 1800. The van der Waals surface area contributed by atoms with Crippen LogP contribution in [0, 0.1) is 10.1 Å². The second-order valence-electron chi connectivity index (χ2n) is 10.6. The highest BCUT2D eigenvalue weighted by atomic mass is 16.6. The van der Waals surface area contributed by atoms with Gasteiger partial charge in [0.2, 0.25) is 5.91 Å². The maximum atomic E-state index is 12.2. The van der Waals surface area contributed by atoms with Crippen LogP contribution in [0.1, 0.15) is 36.0 Å². The fourth-order valence-corrected chi connectivity index (χ4v) is 5.37. The molecule has 6 rings (SSSR count). The first-order valence-corrected chi connectivity index (χ1v) is 13.9. The molecule has 3 aromatic carbocycles. The lowest BCUT2D eigenvalue weighted by atomic mass is 9.98.